The van der Waals surface area contributed by atoms with Crippen LogP contribution in [0.2, 0.25) is 0 Å². The highest BCUT2D eigenvalue weighted by atomic mass is 16.5. The highest BCUT2D eigenvalue weighted by molar-refractivity contribution is 5.73. The van der Waals surface area contributed by atoms with E-state index in [1.165, 1.54) is 11.1 Å². The Labute approximate surface area is 77.2 Å². The molecule has 13 heavy (non-hydrogen) atoms. The third-order valence-corrected chi connectivity index (χ3v) is 2.10. The predicted octanol–water partition coefficient (Wildman–Crippen LogP) is 1.38. The summed E-state index contributed by atoms with van der Waals surface area (Å²) in [6.07, 6.45) is 0. The maximum atomic E-state index is 5.43. The molecule has 0 aromatic heterocycles. The summed E-state index contributed by atoms with van der Waals surface area (Å²) >= 11 is 0. The van der Waals surface area contributed by atoms with Gasteiger partial charge in [-0.05, 0) is 12.5 Å². The van der Waals surface area contributed by atoms with E-state index < -0.39 is 0 Å². The zero-order chi connectivity index (χ0) is 9.26. The summed E-state index contributed by atoms with van der Waals surface area (Å²) in [6.45, 7) is 2.63. The first kappa shape index (κ1) is 8.10. The van der Waals surface area contributed by atoms with E-state index >= 15 is 0 Å². The molecule has 0 amide bonds. The van der Waals surface area contributed by atoms with Gasteiger partial charge in [0.05, 0.1) is 0 Å². The first-order valence-electron chi connectivity index (χ1n) is 4.28. The van der Waals surface area contributed by atoms with Crippen LogP contribution < -0.4 is 5.73 Å². The summed E-state index contributed by atoms with van der Waals surface area (Å²) in [7, 11) is 0. The summed E-state index contributed by atoms with van der Waals surface area (Å²) in [5.74, 6) is 0. The first-order chi connectivity index (χ1) is 6.25. The molecule has 1 atom stereocenters. The van der Waals surface area contributed by atoms with Crippen LogP contribution in [0.15, 0.2) is 29.3 Å². The summed E-state index contributed by atoms with van der Waals surface area (Å²) in [6, 6.07) is 8.62. The molecule has 3 heteroatoms. The molecule has 0 saturated heterocycles. The van der Waals surface area contributed by atoms with Crippen molar-refractivity contribution in [3.8, 4) is 0 Å². The van der Waals surface area contributed by atoms with Gasteiger partial charge < -0.3 is 10.5 Å². The molecular weight excluding hydrogens is 164 g/mol. The normalized spacial score (nSPS) is 21.0. The van der Waals surface area contributed by atoms with Gasteiger partial charge in [0, 0.05) is 0 Å². The molecule has 0 bridgehead atoms. The summed E-state index contributed by atoms with van der Waals surface area (Å²) < 4.78 is 5.09. The summed E-state index contributed by atoms with van der Waals surface area (Å²) in [4.78, 5) is 4.17. The van der Waals surface area contributed by atoms with Gasteiger partial charge in [-0.25, -0.2) is 4.99 Å². The minimum atomic E-state index is 0.0832. The molecule has 1 aromatic rings. The van der Waals surface area contributed by atoms with E-state index in [1.54, 1.807) is 0 Å². The van der Waals surface area contributed by atoms with Crippen LogP contribution in [-0.4, -0.2) is 12.6 Å². The number of aliphatic imine (C=N–C) groups is 1. The second kappa shape index (κ2) is 3.09. The molecule has 0 spiro atoms. The van der Waals surface area contributed by atoms with Crippen molar-refractivity contribution < 1.29 is 4.74 Å². The summed E-state index contributed by atoms with van der Waals surface area (Å²) in [5.41, 5.74) is 7.83. The van der Waals surface area contributed by atoms with Crippen LogP contribution in [0.4, 0.5) is 0 Å². The SMILES string of the molecule is Cc1cccc(C2COC(N)=N2)c1. The number of hydrogen-bond donors (Lipinski definition) is 1. The van der Waals surface area contributed by atoms with Crippen LogP contribution in [0, 0.1) is 6.92 Å². The Kier molecular flexibility index (Phi) is 1.93. The van der Waals surface area contributed by atoms with Gasteiger partial charge in [-0.3, -0.25) is 0 Å². The molecule has 68 valence electrons. The quantitative estimate of drug-likeness (QED) is 0.702. The van der Waals surface area contributed by atoms with Crippen molar-refractivity contribution in [3.63, 3.8) is 0 Å². The molecular formula is C10H12N2O. The van der Waals surface area contributed by atoms with E-state index in [9.17, 15) is 0 Å². The first-order valence-corrected chi connectivity index (χ1v) is 4.28. The molecule has 1 aliphatic heterocycles. The average molecular weight is 176 g/mol. The van der Waals surface area contributed by atoms with Crippen LogP contribution in [-0.2, 0) is 4.74 Å². The number of ether oxygens (including phenoxy) is 1. The largest absolute Gasteiger partial charge is 0.463 e. The van der Waals surface area contributed by atoms with Crippen molar-refractivity contribution >= 4 is 6.02 Å². The molecule has 2 N–H and O–H groups in total. The minimum Gasteiger partial charge on any atom is -0.463 e. The van der Waals surface area contributed by atoms with Crippen molar-refractivity contribution in [1.82, 2.24) is 0 Å². The van der Waals surface area contributed by atoms with E-state index in [0.29, 0.717) is 12.6 Å². The molecule has 1 unspecified atom stereocenters. The molecule has 0 fully saturated rings. The smallest absolute Gasteiger partial charge is 0.282 e. The highest BCUT2D eigenvalue weighted by Gasteiger charge is 2.18. The fourth-order valence-corrected chi connectivity index (χ4v) is 1.44. The van der Waals surface area contributed by atoms with Gasteiger partial charge in [0.2, 0.25) is 0 Å². The van der Waals surface area contributed by atoms with E-state index in [-0.39, 0.29) is 6.04 Å². The Bertz CT molecular complexity index is 347. The van der Waals surface area contributed by atoms with Crippen molar-refractivity contribution in [2.75, 3.05) is 6.61 Å². The lowest BCUT2D eigenvalue weighted by Crippen LogP contribution is -2.10. The molecule has 1 aromatic carbocycles. The van der Waals surface area contributed by atoms with Crippen molar-refractivity contribution in [1.29, 1.82) is 0 Å². The zero-order valence-electron chi connectivity index (χ0n) is 7.53. The third kappa shape index (κ3) is 1.64. The van der Waals surface area contributed by atoms with Crippen LogP contribution in [0.25, 0.3) is 0 Å². The second-order valence-corrected chi connectivity index (χ2v) is 3.21. The fraction of sp³-hybridized carbons (Fsp3) is 0.300. The van der Waals surface area contributed by atoms with Gasteiger partial charge in [-0.15, -0.1) is 0 Å². The lowest BCUT2D eigenvalue weighted by Gasteiger charge is -2.05. The van der Waals surface area contributed by atoms with Crippen LogP contribution in [0.3, 0.4) is 0 Å². The van der Waals surface area contributed by atoms with Crippen LogP contribution in [0.5, 0.6) is 0 Å². The molecule has 0 aliphatic carbocycles. The molecule has 3 nitrogen and oxygen atoms in total. The maximum Gasteiger partial charge on any atom is 0.282 e. The van der Waals surface area contributed by atoms with Crippen molar-refractivity contribution in [2.24, 2.45) is 10.7 Å². The van der Waals surface area contributed by atoms with Gasteiger partial charge in [0.1, 0.15) is 12.6 Å². The lowest BCUT2D eigenvalue weighted by atomic mass is 10.1. The third-order valence-electron chi connectivity index (χ3n) is 2.10. The Hall–Kier alpha value is -1.51. The number of hydrogen-bond acceptors (Lipinski definition) is 3. The Morgan fingerprint density at radius 1 is 1.54 bits per heavy atom. The number of amidine groups is 1. The number of aryl methyl sites for hydroxylation is 1. The zero-order valence-corrected chi connectivity index (χ0v) is 7.53. The molecule has 0 saturated carbocycles. The van der Waals surface area contributed by atoms with E-state index in [4.69, 9.17) is 10.5 Å². The van der Waals surface area contributed by atoms with Crippen molar-refractivity contribution in [2.45, 2.75) is 13.0 Å². The number of benzene rings is 1. The predicted molar refractivity (Wildman–Crippen MR) is 51.5 cm³/mol. The van der Waals surface area contributed by atoms with Gasteiger partial charge in [-0.2, -0.15) is 0 Å². The van der Waals surface area contributed by atoms with Crippen molar-refractivity contribution in [3.05, 3.63) is 35.4 Å². The number of rotatable bonds is 1. The average Bonchev–Trinajstić information content (AvgIpc) is 2.52. The van der Waals surface area contributed by atoms with Crippen LogP contribution in [0.1, 0.15) is 17.2 Å². The lowest BCUT2D eigenvalue weighted by molar-refractivity contribution is 0.315. The summed E-state index contributed by atoms with van der Waals surface area (Å²) in [5, 5.41) is 0. The minimum absolute atomic E-state index is 0.0832. The Morgan fingerprint density at radius 3 is 3.00 bits per heavy atom. The van der Waals surface area contributed by atoms with Gasteiger partial charge in [0.15, 0.2) is 0 Å². The molecule has 0 radical (unpaired) electrons. The Morgan fingerprint density at radius 2 is 2.38 bits per heavy atom. The number of nitrogens with zero attached hydrogens (tertiary/aromatic N) is 1. The molecule has 1 aliphatic rings. The second-order valence-electron chi connectivity index (χ2n) is 3.21. The molecule has 1 heterocycles. The van der Waals surface area contributed by atoms with Gasteiger partial charge >= 0.3 is 0 Å². The van der Waals surface area contributed by atoms with Gasteiger partial charge in [-0.1, -0.05) is 29.8 Å². The Balaban J connectivity index is 2.26. The topological polar surface area (TPSA) is 47.6 Å². The molecule has 2 rings (SSSR count). The van der Waals surface area contributed by atoms with E-state index in [2.05, 4.69) is 24.0 Å². The standard InChI is InChI=1S/C10H12N2O/c1-7-3-2-4-8(5-7)9-6-13-10(11)12-9/h2-5,9H,6H2,1H3,(H2,11,12). The number of nitrogens with two attached hydrogens (primary N) is 1. The maximum absolute atomic E-state index is 5.43. The van der Waals surface area contributed by atoms with Gasteiger partial charge in [0.25, 0.3) is 6.02 Å². The highest BCUT2D eigenvalue weighted by Crippen LogP contribution is 2.22. The van der Waals surface area contributed by atoms with E-state index in [0.717, 1.165) is 0 Å². The van der Waals surface area contributed by atoms with E-state index in [1.807, 2.05) is 12.1 Å². The monoisotopic (exact) mass is 176 g/mol. The van der Waals surface area contributed by atoms with Crippen LogP contribution >= 0.6 is 0 Å². The fourth-order valence-electron chi connectivity index (χ4n) is 1.44.